The molecule has 6 heteroatoms. The van der Waals surface area contributed by atoms with E-state index in [0.717, 1.165) is 55.3 Å². The predicted molar refractivity (Wildman–Crippen MR) is 123 cm³/mol. The number of methoxy groups -OCH3 is 2. The van der Waals surface area contributed by atoms with Gasteiger partial charge in [-0.2, -0.15) is 0 Å². The van der Waals surface area contributed by atoms with Gasteiger partial charge >= 0.3 is 0 Å². The van der Waals surface area contributed by atoms with Gasteiger partial charge in [-0.05, 0) is 48.0 Å². The molecule has 0 aromatic heterocycles. The molecule has 1 saturated heterocycles. The SMILES string of the molecule is CCN1CCN(C2=CN3C(=O)\C=C(c4ccc(OC)c(OC)c4)/C=C/C=C/3C=C2)CC1. The van der Waals surface area contributed by atoms with E-state index >= 15 is 0 Å². The highest BCUT2D eigenvalue weighted by Gasteiger charge is 2.23. The minimum Gasteiger partial charge on any atom is -0.493 e. The highest BCUT2D eigenvalue weighted by Crippen LogP contribution is 2.32. The van der Waals surface area contributed by atoms with Gasteiger partial charge in [-0.15, -0.1) is 0 Å². The summed E-state index contributed by atoms with van der Waals surface area (Å²) in [6.45, 7) is 7.31. The summed E-state index contributed by atoms with van der Waals surface area (Å²) in [6.07, 6.45) is 13.6. The number of carbonyl (C=O) groups is 1. The Morgan fingerprint density at radius 1 is 0.935 bits per heavy atom. The first kappa shape index (κ1) is 21.0. The lowest BCUT2D eigenvalue weighted by atomic mass is 10.0. The minimum atomic E-state index is -0.0746. The van der Waals surface area contributed by atoms with Gasteiger partial charge in [0.2, 0.25) is 0 Å². The summed E-state index contributed by atoms with van der Waals surface area (Å²) in [5.41, 5.74) is 3.65. The summed E-state index contributed by atoms with van der Waals surface area (Å²) in [7, 11) is 3.22. The average Bonchev–Trinajstić information content (AvgIpc) is 2.81. The van der Waals surface area contributed by atoms with Crippen LogP contribution >= 0.6 is 0 Å². The molecule has 0 bridgehead atoms. The first-order valence-corrected chi connectivity index (χ1v) is 10.7. The van der Waals surface area contributed by atoms with Crippen molar-refractivity contribution in [2.45, 2.75) is 6.92 Å². The van der Waals surface area contributed by atoms with Crippen molar-refractivity contribution in [1.29, 1.82) is 0 Å². The number of nitrogens with zero attached hydrogens (tertiary/aromatic N) is 3. The van der Waals surface area contributed by atoms with Crippen LogP contribution in [0.15, 0.2) is 72.2 Å². The molecule has 1 aromatic rings. The van der Waals surface area contributed by atoms with Crippen molar-refractivity contribution in [1.82, 2.24) is 14.7 Å². The maximum absolute atomic E-state index is 13.2. The van der Waals surface area contributed by atoms with Crippen LogP contribution in [0.2, 0.25) is 0 Å². The zero-order valence-corrected chi connectivity index (χ0v) is 18.4. The third-order valence-electron chi connectivity index (χ3n) is 5.93. The van der Waals surface area contributed by atoms with Crippen LogP contribution in [0.25, 0.3) is 5.57 Å². The molecule has 3 aliphatic heterocycles. The second-order valence-corrected chi connectivity index (χ2v) is 7.64. The van der Waals surface area contributed by atoms with Gasteiger partial charge in [-0.3, -0.25) is 9.69 Å². The molecule has 0 saturated carbocycles. The number of hydrogen-bond donors (Lipinski definition) is 0. The van der Waals surface area contributed by atoms with Gasteiger partial charge in [0.05, 0.1) is 19.9 Å². The lowest BCUT2D eigenvalue weighted by Gasteiger charge is -2.37. The van der Waals surface area contributed by atoms with Crippen LogP contribution in [-0.4, -0.2) is 67.6 Å². The molecular formula is C25H29N3O3. The van der Waals surface area contributed by atoms with Gasteiger partial charge in [-0.25, -0.2) is 0 Å². The maximum atomic E-state index is 13.2. The van der Waals surface area contributed by atoms with Crippen LogP contribution in [0.3, 0.4) is 0 Å². The molecule has 0 unspecified atom stereocenters. The second-order valence-electron chi connectivity index (χ2n) is 7.64. The minimum absolute atomic E-state index is 0.0746. The van der Waals surface area contributed by atoms with Gasteiger partial charge in [0, 0.05) is 44.2 Å². The number of hydrogen-bond acceptors (Lipinski definition) is 5. The molecule has 1 amide bonds. The number of allylic oxidation sites excluding steroid dienone is 6. The summed E-state index contributed by atoms with van der Waals surface area (Å²) >= 11 is 0. The number of piperazine rings is 1. The number of benzene rings is 1. The first-order chi connectivity index (χ1) is 15.1. The van der Waals surface area contributed by atoms with Crippen LogP contribution < -0.4 is 9.47 Å². The van der Waals surface area contributed by atoms with Crippen LogP contribution in [0.1, 0.15) is 12.5 Å². The summed E-state index contributed by atoms with van der Waals surface area (Å²) in [4.78, 5) is 19.7. The van der Waals surface area contributed by atoms with Gasteiger partial charge in [0.15, 0.2) is 11.5 Å². The summed E-state index contributed by atoms with van der Waals surface area (Å²) in [5.74, 6) is 1.22. The normalized spacial score (nSPS) is 23.6. The van der Waals surface area contributed by atoms with Crippen molar-refractivity contribution >= 4 is 11.5 Å². The van der Waals surface area contributed by atoms with E-state index in [1.165, 1.54) is 0 Å². The Hall–Kier alpha value is -3.25. The van der Waals surface area contributed by atoms with E-state index in [-0.39, 0.29) is 5.91 Å². The van der Waals surface area contributed by atoms with Gasteiger partial charge in [0.1, 0.15) is 0 Å². The van der Waals surface area contributed by atoms with Crippen molar-refractivity contribution < 1.29 is 14.3 Å². The maximum Gasteiger partial charge on any atom is 0.255 e. The summed E-state index contributed by atoms with van der Waals surface area (Å²) in [6, 6.07) is 5.67. The number of amides is 1. The van der Waals surface area contributed by atoms with E-state index in [2.05, 4.69) is 22.8 Å². The zero-order chi connectivity index (χ0) is 21.8. The molecule has 0 aliphatic carbocycles. The number of likely N-dealkylation sites (N-methyl/N-ethyl adjacent to an activating group) is 1. The average molecular weight is 420 g/mol. The summed E-state index contributed by atoms with van der Waals surface area (Å²) < 4.78 is 10.8. The van der Waals surface area contributed by atoms with E-state index < -0.39 is 0 Å². The van der Waals surface area contributed by atoms with Crippen LogP contribution in [-0.2, 0) is 4.79 Å². The quantitative estimate of drug-likeness (QED) is 0.732. The molecular weight excluding hydrogens is 390 g/mol. The van der Waals surface area contributed by atoms with Gasteiger partial charge in [0.25, 0.3) is 5.91 Å². The molecule has 0 radical (unpaired) electrons. The lowest BCUT2D eigenvalue weighted by molar-refractivity contribution is -0.122. The Labute approximate surface area is 184 Å². The summed E-state index contributed by atoms with van der Waals surface area (Å²) in [5, 5.41) is 0. The Kier molecular flexibility index (Phi) is 6.28. The molecule has 31 heavy (non-hydrogen) atoms. The number of fused-ring (bicyclic) bond motifs is 1. The smallest absolute Gasteiger partial charge is 0.255 e. The Balaban J connectivity index is 1.60. The van der Waals surface area contributed by atoms with Crippen molar-refractivity contribution in [3.05, 3.63) is 77.8 Å². The standard InChI is InChI=1S/C25H29N3O3/c1-4-26-12-14-27(15-13-26)22-10-9-21-7-5-6-19(17-25(29)28(21)18-22)20-8-11-23(30-2)24(16-20)31-3/h5-11,16-18H,4,12-15H2,1-3H3/b6-5+,19-17+,21-7+. The monoisotopic (exact) mass is 419 g/mol. The Morgan fingerprint density at radius 2 is 1.68 bits per heavy atom. The Bertz CT molecular complexity index is 995. The van der Waals surface area contributed by atoms with E-state index in [0.29, 0.717) is 11.5 Å². The molecule has 6 nitrogen and oxygen atoms in total. The number of carbonyl (C=O) groups excluding carboxylic acids is 1. The van der Waals surface area contributed by atoms with Gasteiger partial charge in [-0.1, -0.05) is 25.1 Å². The topological polar surface area (TPSA) is 45.2 Å². The third-order valence-corrected chi connectivity index (χ3v) is 5.93. The Morgan fingerprint density at radius 3 is 2.39 bits per heavy atom. The van der Waals surface area contributed by atoms with E-state index in [1.54, 1.807) is 25.2 Å². The fourth-order valence-electron chi connectivity index (χ4n) is 4.03. The molecule has 0 atom stereocenters. The molecule has 0 spiro atoms. The molecule has 162 valence electrons. The lowest BCUT2D eigenvalue weighted by Crippen LogP contribution is -2.46. The molecule has 3 aliphatic rings. The fourth-order valence-corrected chi connectivity index (χ4v) is 4.03. The van der Waals surface area contributed by atoms with E-state index in [4.69, 9.17) is 9.47 Å². The molecule has 1 fully saturated rings. The van der Waals surface area contributed by atoms with Crippen molar-refractivity contribution in [3.8, 4) is 11.5 Å². The third kappa shape index (κ3) is 4.44. The molecule has 1 aromatic carbocycles. The van der Waals surface area contributed by atoms with Crippen molar-refractivity contribution in [2.75, 3.05) is 46.9 Å². The number of rotatable bonds is 5. The number of ether oxygens (including phenoxy) is 2. The van der Waals surface area contributed by atoms with Crippen LogP contribution in [0, 0.1) is 0 Å². The van der Waals surface area contributed by atoms with Crippen LogP contribution in [0.5, 0.6) is 11.5 Å². The van der Waals surface area contributed by atoms with E-state index in [1.807, 2.05) is 48.7 Å². The predicted octanol–water partition coefficient (Wildman–Crippen LogP) is 3.42. The van der Waals surface area contributed by atoms with E-state index in [9.17, 15) is 4.79 Å². The van der Waals surface area contributed by atoms with Gasteiger partial charge < -0.3 is 19.3 Å². The molecule has 4 rings (SSSR count). The van der Waals surface area contributed by atoms with Crippen molar-refractivity contribution in [3.63, 3.8) is 0 Å². The largest absolute Gasteiger partial charge is 0.493 e. The fraction of sp³-hybridized carbons (Fsp3) is 0.320. The zero-order valence-electron chi connectivity index (χ0n) is 18.4. The molecule has 0 N–H and O–H groups in total. The first-order valence-electron chi connectivity index (χ1n) is 10.7. The highest BCUT2D eigenvalue weighted by molar-refractivity contribution is 6.00. The molecule has 3 heterocycles. The second kappa shape index (κ2) is 9.27. The van der Waals surface area contributed by atoms with Crippen molar-refractivity contribution in [2.24, 2.45) is 0 Å². The highest BCUT2D eigenvalue weighted by atomic mass is 16.5. The van der Waals surface area contributed by atoms with Crippen LogP contribution in [0.4, 0.5) is 0 Å².